The molecular formula is C32H27N5. The number of aromatic amines is 1. The molecule has 5 heteroatoms. The number of nitrogens with one attached hydrogen (secondary N) is 2. The van der Waals surface area contributed by atoms with Crippen molar-refractivity contribution < 1.29 is 0 Å². The fraction of sp³-hybridized carbons (Fsp3) is 0.0938. The lowest BCUT2D eigenvalue weighted by molar-refractivity contribution is 0.670. The molecule has 37 heavy (non-hydrogen) atoms. The number of hydrogen-bond donors (Lipinski definition) is 2. The fourth-order valence-corrected chi connectivity index (χ4v) is 4.76. The number of hydrogen-bond acceptors (Lipinski definition) is 4. The Morgan fingerprint density at radius 1 is 0.703 bits per heavy atom. The third-order valence-electron chi connectivity index (χ3n) is 6.51. The number of pyridine rings is 2. The van der Waals surface area contributed by atoms with Crippen LogP contribution in [-0.2, 0) is 13.1 Å². The summed E-state index contributed by atoms with van der Waals surface area (Å²) in [5.74, 6) is 0.867. The number of fused-ring (bicyclic) bond motifs is 1. The number of aryl methyl sites for hydroxylation is 1. The van der Waals surface area contributed by atoms with Gasteiger partial charge in [0, 0.05) is 29.4 Å². The van der Waals surface area contributed by atoms with Crippen molar-refractivity contribution in [1.82, 2.24) is 25.3 Å². The second-order valence-corrected chi connectivity index (χ2v) is 9.07. The first kappa shape index (κ1) is 22.8. The first-order chi connectivity index (χ1) is 18.3. The summed E-state index contributed by atoms with van der Waals surface area (Å²) in [6, 6.07) is 35.3. The highest BCUT2D eigenvalue weighted by atomic mass is 15.0. The van der Waals surface area contributed by atoms with Crippen LogP contribution in [0.4, 0.5) is 0 Å². The molecule has 6 aromatic rings. The van der Waals surface area contributed by atoms with Gasteiger partial charge in [-0.2, -0.15) is 0 Å². The van der Waals surface area contributed by atoms with Crippen LogP contribution in [0.5, 0.6) is 0 Å². The molecule has 5 nitrogen and oxygen atoms in total. The summed E-state index contributed by atoms with van der Waals surface area (Å²) in [7, 11) is 0. The summed E-state index contributed by atoms with van der Waals surface area (Å²) < 4.78 is 0. The molecule has 0 fully saturated rings. The standard InChI is InChI=1S/C32H27N5/c1-22-10-9-17-29(35-22)32-31(27-18-19-34-28-16-8-7-15-26(27)28)36-30(37-32)21-33-20-24-13-5-6-14-25(24)23-11-3-2-4-12-23/h2-19,33H,20-21H2,1H3,(H,36,37). The number of para-hydroxylation sites is 1. The minimum atomic E-state index is 0.602. The Balaban J connectivity index is 1.33. The maximum absolute atomic E-state index is 5.06. The van der Waals surface area contributed by atoms with Crippen LogP contribution < -0.4 is 5.32 Å². The predicted octanol–water partition coefficient (Wildman–Crippen LogP) is 6.95. The number of H-pyrrole nitrogens is 1. The third kappa shape index (κ3) is 4.77. The molecule has 0 bridgehead atoms. The van der Waals surface area contributed by atoms with Gasteiger partial charge < -0.3 is 10.3 Å². The molecule has 180 valence electrons. The Kier molecular flexibility index (Phi) is 6.28. The molecule has 3 aromatic carbocycles. The molecule has 0 radical (unpaired) electrons. The monoisotopic (exact) mass is 481 g/mol. The zero-order valence-electron chi connectivity index (χ0n) is 20.6. The quantitative estimate of drug-likeness (QED) is 0.259. The Morgan fingerprint density at radius 2 is 1.51 bits per heavy atom. The van der Waals surface area contributed by atoms with E-state index in [-0.39, 0.29) is 0 Å². The smallest absolute Gasteiger partial charge is 0.121 e. The van der Waals surface area contributed by atoms with Gasteiger partial charge in [0.05, 0.1) is 29.1 Å². The lowest BCUT2D eigenvalue weighted by Gasteiger charge is -2.10. The first-order valence-electron chi connectivity index (χ1n) is 12.5. The second kappa shape index (κ2) is 10.2. The van der Waals surface area contributed by atoms with Crippen LogP contribution in [0.2, 0.25) is 0 Å². The fourth-order valence-electron chi connectivity index (χ4n) is 4.76. The predicted molar refractivity (Wildman–Crippen MR) is 150 cm³/mol. The molecule has 3 aromatic heterocycles. The van der Waals surface area contributed by atoms with Gasteiger partial charge in [0.2, 0.25) is 0 Å². The van der Waals surface area contributed by atoms with Crippen molar-refractivity contribution >= 4 is 10.9 Å². The van der Waals surface area contributed by atoms with Gasteiger partial charge in [0.15, 0.2) is 0 Å². The molecule has 0 saturated carbocycles. The van der Waals surface area contributed by atoms with E-state index in [4.69, 9.17) is 9.97 Å². The zero-order chi connectivity index (χ0) is 25.0. The summed E-state index contributed by atoms with van der Waals surface area (Å²) in [5, 5.41) is 4.66. The summed E-state index contributed by atoms with van der Waals surface area (Å²) >= 11 is 0. The number of imidazole rings is 1. The molecule has 6 rings (SSSR count). The SMILES string of the molecule is Cc1cccc(-c2[nH]c(CNCc3ccccc3-c3ccccc3)nc2-c2ccnc3ccccc23)n1. The molecule has 0 aliphatic rings. The Morgan fingerprint density at radius 3 is 2.41 bits per heavy atom. The molecule has 0 aliphatic heterocycles. The van der Waals surface area contributed by atoms with E-state index in [1.165, 1.54) is 16.7 Å². The van der Waals surface area contributed by atoms with E-state index in [0.29, 0.717) is 6.54 Å². The summed E-state index contributed by atoms with van der Waals surface area (Å²) in [5.41, 5.74) is 9.35. The largest absolute Gasteiger partial charge is 0.339 e. The van der Waals surface area contributed by atoms with Crippen LogP contribution in [0.25, 0.3) is 44.7 Å². The minimum absolute atomic E-state index is 0.602. The molecule has 2 N–H and O–H groups in total. The van der Waals surface area contributed by atoms with E-state index >= 15 is 0 Å². The third-order valence-corrected chi connectivity index (χ3v) is 6.51. The minimum Gasteiger partial charge on any atom is -0.339 e. The maximum Gasteiger partial charge on any atom is 0.121 e. The molecule has 0 saturated heterocycles. The van der Waals surface area contributed by atoms with Crippen LogP contribution in [0, 0.1) is 6.92 Å². The van der Waals surface area contributed by atoms with Crippen molar-refractivity contribution in [3.63, 3.8) is 0 Å². The van der Waals surface area contributed by atoms with Crippen LogP contribution in [0.15, 0.2) is 109 Å². The highest BCUT2D eigenvalue weighted by Crippen LogP contribution is 2.33. The zero-order valence-corrected chi connectivity index (χ0v) is 20.6. The van der Waals surface area contributed by atoms with Gasteiger partial charge in [-0.1, -0.05) is 78.9 Å². The van der Waals surface area contributed by atoms with Crippen molar-refractivity contribution in [1.29, 1.82) is 0 Å². The number of benzene rings is 3. The van der Waals surface area contributed by atoms with Crippen molar-refractivity contribution in [3.8, 4) is 33.8 Å². The Hall–Kier alpha value is -4.61. The van der Waals surface area contributed by atoms with Gasteiger partial charge in [-0.15, -0.1) is 0 Å². The lowest BCUT2D eigenvalue weighted by atomic mass is 10.00. The van der Waals surface area contributed by atoms with Crippen molar-refractivity contribution in [2.75, 3.05) is 0 Å². The Bertz CT molecular complexity index is 1660. The van der Waals surface area contributed by atoms with Gasteiger partial charge in [0.25, 0.3) is 0 Å². The van der Waals surface area contributed by atoms with Crippen LogP contribution in [0.1, 0.15) is 17.1 Å². The molecule has 0 amide bonds. The van der Waals surface area contributed by atoms with Gasteiger partial charge in [-0.25, -0.2) is 4.98 Å². The van der Waals surface area contributed by atoms with Crippen molar-refractivity contribution in [2.24, 2.45) is 0 Å². The van der Waals surface area contributed by atoms with Gasteiger partial charge in [0.1, 0.15) is 5.82 Å². The van der Waals surface area contributed by atoms with Crippen LogP contribution in [-0.4, -0.2) is 19.9 Å². The summed E-state index contributed by atoms with van der Waals surface area (Å²) in [6.07, 6.45) is 1.85. The number of rotatable bonds is 7. The molecule has 0 aliphatic carbocycles. The molecule has 0 unspecified atom stereocenters. The lowest BCUT2D eigenvalue weighted by Crippen LogP contribution is -2.14. The van der Waals surface area contributed by atoms with Crippen molar-refractivity contribution in [2.45, 2.75) is 20.0 Å². The summed E-state index contributed by atoms with van der Waals surface area (Å²) in [4.78, 5) is 18.0. The van der Waals surface area contributed by atoms with E-state index in [9.17, 15) is 0 Å². The maximum atomic E-state index is 5.06. The number of aromatic nitrogens is 4. The average molecular weight is 482 g/mol. The van der Waals surface area contributed by atoms with E-state index in [1.54, 1.807) is 0 Å². The van der Waals surface area contributed by atoms with Gasteiger partial charge in [-0.05, 0) is 47.9 Å². The number of nitrogens with zero attached hydrogens (tertiary/aromatic N) is 3. The molecule has 3 heterocycles. The molecule has 0 atom stereocenters. The van der Waals surface area contributed by atoms with E-state index in [2.05, 4.69) is 69.9 Å². The Labute approximate surface area is 216 Å². The topological polar surface area (TPSA) is 66.5 Å². The normalized spacial score (nSPS) is 11.2. The summed E-state index contributed by atoms with van der Waals surface area (Å²) in [6.45, 7) is 3.34. The van der Waals surface area contributed by atoms with Crippen LogP contribution in [0.3, 0.4) is 0 Å². The molecular weight excluding hydrogens is 454 g/mol. The first-order valence-corrected chi connectivity index (χ1v) is 12.5. The van der Waals surface area contributed by atoms with E-state index in [1.807, 2.05) is 61.7 Å². The van der Waals surface area contributed by atoms with Crippen LogP contribution >= 0.6 is 0 Å². The van der Waals surface area contributed by atoms with Gasteiger partial charge in [-0.3, -0.25) is 9.97 Å². The average Bonchev–Trinajstić information content (AvgIpc) is 3.37. The highest BCUT2D eigenvalue weighted by Gasteiger charge is 2.17. The van der Waals surface area contributed by atoms with E-state index < -0.39 is 0 Å². The second-order valence-electron chi connectivity index (χ2n) is 9.07. The van der Waals surface area contributed by atoms with Crippen molar-refractivity contribution in [3.05, 3.63) is 126 Å². The molecule has 0 spiro atoms. The van der Waals surface area contributed by atoms with E-state index in [0.717, 1.165) is 51.6 Å². The van der Waals surface area contributed by atoms with Gasteiger partial charge >= 0.3 is 0 Å². The highest BCUT2D eigenvalue weighted by molar-refractivity contribution is 5.96.